The van der Waals surface area contributed by atoms with Crippen molar-refractivity contribution >= 4 is 23.5 Å². The summed E-state index contributed by atoms with van der Waals surface area (Å²) in [5.41, 5.74) is 2.33. The number of Topliss-reactive ketones (excluding diaryl/α,β-unsaturated/α-hetero) is 1. The summed E-state index contributed by atoms with van der Waals surface area (Å²) in [6, 6.07) is 16.3. The summed E-state index contributed by atoms with van der Waals surface area (Å²) in [4.78, 5) is 24.9. The van der Waals surface area contributed by atoms with Gasteiger partial charge in [-0.05, 0) is 32.9 Å². The molecule has 0 aliphatic rings. The number of carbonyl (C=O) groups is 2. The van der Waals surface area contributed by atoms with E-state index >= 15 is 0 Å². The van der Waals surface area contributed by atoms with Gasteiger partial charge in [0.2, 0.25) is 0 Å². The molecule has 0 saturated carbocycles. The fourth-order valence-corrected chi connectivity index (χ4v) is 3.90. The molecule has 3 aromatic rings. The first-order chi connectivity index (χ1) is 14.0. The van der Waals surface area contributed by atoms with Gasteiger partial charge in [0, 0.05) is 17.7 Å². The predicted molar refractivity (Wildman–Crippen MR) is 114 cm³/mol. The third-order valence-corrected chi connectivity index (χ3v) is 5.47. The van der Waals surface area contributed by atoms with Gasteiger partial charge in [0.25, 0.3) is 5.91 Å². The summed E-state index contributed by atoms with van der Waals surface area (Å²) >= 11 is 1.36. The van der Waals surface area contributed by atoms with Crippen LogP contribution in [0, 0.1) is 6.92 Å². The van der Waals surface area contributed by atoms with E-state index in [0.29, 0.717) is 28.7 Å². The van der Waals surface area contributed by atoms with Gasteiger partial charge in [-0.15, -0.1) is 10.2 Å². The predicted octanol–water partition coefficient (Wildman–Crippen LogP) is 4.07. The van der Waals surface area contributed by atoms with E-state index in [1.807, 2.05) is 73.9 Å². The molecule has 2 aromatic carbocycles. The van der Waals surface area contributed by atoms with E-state index in [9.17, 15) is 9.59 Å². The normalized spacial score (nSPS) is 11.8. The molecule has 1 N–H and O–H groups in total. The quantitative estimate of drug-likeness (QED) is 0.449. The number of amides is 1. The van der Waals surface area contributed by atoms with Gasteiger partial charge in [0.05, 0.1) is 11.8 Å². The van der Waals surface area contributed by atoms with Crippen LogP contribution in [-0.2, 0) is 6.54 Å². The zero-order valence-electron chi connectivity index (χ0n) is 16.8. The van der Waals surface area contributed by atoms with E-state index in [2.05, 4.69) is 15.5 Å². The van der Waals surface area contributed by atoms with Crippen molar-refractivity contribution in [2.24, 2.45) is 0 Å². The summed E-state index contributed by atoms with van der Waals surface area (Å²) in [6.07, 6.45) is 0. The molecular formula is C22H24N4O2S. The Morgan fingerprint density at radius 2 is 1.79 bits per heavy atom. The summed E-state index contributed by atoms with van der Waals surface area (Å²) in [7, 11) is 0. The second-order valence-corrected chi connectivity index (χ2v) is 7.67. The third kappa shape index (κ3) is 5.12. The number of nitrogens with one attached hydrogen (secondary N) is 1. The molecule has 0 aliphatic carbocycles. The highest BCUT2D eigenvalue weighted by Crippen LogP contribution is 2.22. The minimum Gasteiger partial charge on any atom is -0.342 e. The van der Waals surface area contributed by atoms with Crippen LogP contribution in [0.1, 0.15) is 52.0 Å². The molecule has 0 saturated heterocycles. The fourth-order valence-electron chi connectivity index (χ4n) is 2.99. The van der Waals surface area contributed by atoms with E-state index < -0.39 is 0 Å². The summed E-state index contributed by atoms with van der Waals surface area (Å²) in [6.45, 7) is 6.47. The van der Waals surface area contributed by atoms with Gasteiger partial charge in [-0.3, -0.25) is 9.59 Å². The van der Waals surface area contributed by atoms with Crippen LogP contribution >= 0.6 is 11.8 Å². The lowest BCUT2D eigenvalue weighted by Gasteiger charge is -2.15. The largest absolute Gasteiger partial charge is 0.342 e. The second kappa shape index (κ2) is 9.52. The smallest absolute Gasteiger partial charge is 0.251 e. The van der Waals surface area contributed by atoms with Crippen LogP contribution in [0.4, 0.5) is 0 Å². The van der Waals surface area contributed by atoms with Gasteiger partial charge < -0.3 is 9.88 Å². The maximum absolute atomic E-state index is 12.5. The molecular weight excluding hydrogens is 384 g/mol. The number of hydrogen-bond acceptors (Lipinski definition) is 5. The van der Waals surface area contributed by atoms with Crippen LogP contribution < -0.4 is 5.32 Å². The Labute approximate surface area is 174 Å². The Balaban J connectivity index is 1.68. The molecule has 1 atom stereocenters. The number of nitrogens with zero attached hydrogens (tertiary/aromatic N) is 3. The molecule has 3 rings (SSSR count). The number of rotatable bonds is 8. The van der Waals surface area contributed by atoms with Crippen molar-refractivity contribution in [3.05, 3.63) is 77.1 Å². The number of thioether (sulfide) groups is 1. The Bertz CT molecular complexity index is 1000. The van der Waals surface area contributed by atoms with Crippen LogP contribution in [0.3, 0.4) is 0 Å². The Kier molecular flexibility index (Phi) is 6.82. The monoisotopic (exact) mass is 408 g/mol. The molecule has 7 heteroatoms. The zero-order valence-corrected chi connectivity index (χ0v) is 17.6. The first kappa shape index (κ1) is 20.8. The van der Waals surface area contributed by atoms with Gasteiger partial charge in [0.15, 0.2) is 16.8 Å². The molecule has 0 bridgehead atoms. The third-order valence-electron chi connectivity index (χ3n) is 4.50. The van der Waals surface area contributed by atoms with Crippen molar-refractivity contribution in [2.45, 2.75) is 38.5 Å². The van der Waals surface area contributed by atoms with Crippen molar-refractivity contribution in [2.75, 3.05) is 5.75 Å². The highest BCUT2D eigenvalue weighted by atomic mass is 32.2. The molecule has 6 nitrogen and oxygen atoms in total. The maximum Gasteiger partial charge on any atom is 0.251 e. The standard InChI is InChI=1S/C22H24N4O2S/c1-4-26-20(16(3)23-21(28)18-12-8-9-15(2)13-18)24-25-22(26)29-14-19(27)17-10-6-5-7-11-17/h5-13,16H,4,14H2,1-3H3,(H,23,28)/t16-/m1/s1. The molecule has 0 fully saturated rings. The molecule has 1 aromatic heterocycles. The topological polar surface area (TPSA) is 76.9 Å². The van der Waals surface area contributed by atoms with Crippen LogP contribution in [0.15, 0.2) is 59.8 Å². The van der Waals surface area contributed by atoms with Gasteiger partial charge >= 0.3 is 0 Å². The second-order valence-electron chi connectivity index (χ2n) is 6.73. The Morgan fingerprint density at radius 1 is 1.07 bits per heavy atom. The average Bonchev–Trinajstić information content (AvgIpc) is 3.15. The van der Waals surface area contributed by atoms with E-state index in [1.54, 1.807) is 6.07 Å². The molecule has 0 unspecified atom stereocenters. The lowest BCUT2D eigenvalue weighted by atomic mass is 10.1. The highest BCUT2D eigenvalue weighted by Gasteiger charge is 2.20. The van der Waals surface area contributed by atoms with Gasteiger partial charge in [0.1, 0.15) is 0 Å². The summed E-state index contributed by atoms with van der Waals surface area (Å²) in [5.74, 6) is 0.846. The lowest BCUT2D eigenvalue weighted by Crippen LogP contribution is -2.28. The molecule has 150 valence electrons. The molecule has 1 heterocycles. The van der Waals surface area contributed by atoms with Crippen LogP contribution in [0.5, 0.6) is 0 Å². The number of benzene rings is 2. The number of aryl methyl sites for hydroxylation is 1. The summed E-state index contributed by atoms with van der Waals surface area (Å²) < 4.78 is 1.93. The molecule has 0 aliphatic heterocycles. The zero-order chi connectivity index (χ0) is 20.8. The molecule has 0 radical (unpaired) electrons. The van der Waals surface area contributed by atoms with Gasteiger partial charge in [-0.25, -0.2) is 0 Å². The fraction of sp³-hybridized carbons (Fsp3) is 0.273. The van der Waals surface area contributed by atoms with E-state index in [4.69, 9.17) is 0 Å². The first-order valence-corrected chi connectivity index (χ1v) is 10.5. The van der Waals surface area contributed by atoms with Crippen LogP contribution in [-0.4, -0.2) is 32.2 Å². The Morgan fingerprint density at radius 3 is 2.48 bits per heavy atom. The lowest BCUT2D eigenvalue weighted by molar-refractivity contribution is 0.0936. The van der Waals surface area contributed by atoms with Gasteiger partial charge in [-0.2, -0.15) is 0 Å². The minimum absolute atomic E-state index is 0.0450. The maximum atomic E-state index is 12.5. The average molecular weight is 409 g/mol. The molecule has 0 spiro atoms. The van der Waals surface area contributed by atoms with Crippen molar-refractivity contribution < 1.29 is 9.59 Å². The van der Waals surface area contributed by atoms with Gasteiger partial charge in [-0.1, -0.05) is 59.8 Å². The van der Waals surface area contributed by atoms with Crippen molar-refractivity contribution in [3.8, 4) is 0 Å². The first-order valence-electron chi connectivity index (χ1n) is 9.51. The minimum atomic E-state index is -0.311. The SMILES string of the molecule is CCn1c(SCC(=O)c2ccccc2)nnc1[C@@H](C)NC(=O)c1cccc(C)c1. The van der Waals surface area contributed by atoms with E-state index in [1.165, 1.54) is 11.8 Å². The van der Waals surface area contributed by atoms with Crippen LogP contribution in [0.25, 0.3) is 0 Å². The van der Waals surface area contributed by atoms with E-state index in [-0.39, 0.29) is 23.5 Å². The number of hydrogen-bond donors (Lipinski definition) is 1. The summed E-state index contributed by atoms with van der Waals surface area (Å²) in [5, 5.41) is 12.2. The molecule has 1 amide bonds. The van der Waals surface area contributed by atoms with Crippen molar-refractivity contribution in [1.82, 2.24) is 20.1 Å². The Hall–Kier alpha value is -2.93. The van der Waals surface area contributed by atoms with E-state index in [0.717, 1.165) is 5.56 Å². The highest BCUT2D eigenvalue weighted by molar-refractivity contribution is 7.99. The van der Waals surface area contributed by atoms with Crippen LogP contribution in [0.2, 0.25) is 0 Å². The number of carbonyl (C=O) groups excluding carboxylic acids is 2. The number of ketones is 1. The van der Waals surface area contributed by atoms with Crippen molar-refractivity contribution in [1.29, 1.82) is 0 Å². The molecule has 29 heavy (non-hydrogen) atoms. The number of aromatic nitrogens is 3. The van der Waals surface area contributed by atoms with Crippen molar-refractivity contribution in [3.63, 3.8) is 0 Å².